The molecule has 0 spiro atoms. The van der Waals surface area contributed by atoms with Crippen LogP contribution in [0.4, 0.5) is 0 Å². The van der Waals surface area contributed by atoms with Gasteiger partial charge in [0, 0.05) is 0 Å². The maximum Gasteiger partial charge on any atom is -0.00992 e. The third-order valence-corrected chi connectivity index (χ3v) is 2.91. The highest BCUT2D eigenvalue weighted by atomic mass is 14.2. The lowest BCUT2D eigenvalue weighted by Crippen LogP contribution is -1.81. The van der Waals surface area contributed by atoms with Gasteiger partial charge in [0.05, 0.1) is 0 Å². The normalized spacial score (nSPS) is 17.2. The molecule has 0 aliphatic heterocycles. The number of hydrogen-bond acceptors (Lipinski definition) is 0. The van der Waals surface area contributed by atoms with Crippen LogP contribution in [0.3, 0.4) is 0 Å². The van der Waals surface area contributed by atoms with Gasteiger partial charge in [-0.15, -0.1) is 0 Å². The van der Waals surface area contributed by atoms with Gasteiger partial charge in [0.15, 0.2) is 0 Å². The molecule has 0 aromatic heterocycles. The molecule has 1 aliphatic carbocycles. The van der Waals surface area contributed by atoms with Crippen molar-refractivity contribution in [1.82, 2.24) is 0 Å². The Hall–Kier alpha value is -1.82. The predicted molar refractivity (Wildman–Crippen MR) is 72.0 cm³/mol. The molecule has 1 aromatic rings. The van der Waals surface area contributed by atoms with E-state index >= 15 is 0 Å². The Morgan fingerprint density at radius 1 is 1.00 bits per heavy atom. The van der Waals surface area contributed by atoms with Gasteiger partial charge in [0.25, 0.3) is 0 Å². The first-order valence-corrected chi connectivity index (χ1v) is 5.59. The number of allylic oxidation sites excluding steroid dienone is 7. The van der Waals surface area contributed by atoms with Crippen LogP contribution in [-0.4, -0.2) is 0 Å². The molecule has 2 rings (SSSR count). The fourth-order valence-corrected chi connectivity index (χ4v) is 2.27. The summed E-state index contributed by atoms with van der Waals surface area (Å²) in [5.74, 6) is 0. The van der Waals surface area contributed by atoms with Gasteiger partial charge in [-0.05, 0) is 41.7 Å². The zero-order valence-electron chi connectivity index (χ0n) is 9.83. The van der Waals surface area contributed by atoms with Crippen LogP contribution < -0.4 is 0 Å². The lowest BCUT2D eigenvalue weighted by molar-refractivity contribution is 1.58. The minimum absolute atomic E-state index is 1.24. The summed E-state index contributed by atoms with van der Waals surface area (Å²) in [5, 5.41) is 0. The Bertz CT molecular complexity index is 511. The van der Waals surface area contributed by atoms with Gasteiger partial charge >= 0.3 is 0 Å². The highest BCUT2D eigenvalue weighted by Crippen LogP contribution is 2.42. The maximum atomic E-state index is 3.92. The van der Waals surface area contributed by atoms with E-state index in [1.54, 1.807) is 0 Å². The van der Waals surface area contributed by atoms with E-state index in [4.69, 9.17) is 0 Å². The molecule has 0 saturated heterocycles. The second kappa shape index (κ2) is 4.36. The van der Waals surface area contributed by atoms with E-state index in [-0.39, 0.29) is 0 Å². The van der Waals surface area contributed by atoms with Crippen molar-refractivity contribution in [2.75, 3.05) is 0 Å². The van der Waals surface area contributed by atoms with Crippen LogP contribution in [0.25, 0.3) is 11.1 Å². The summed E-state index contributed by atoms with van der Waals surface area (Å²) < 4.78 is 0. The van der Waals surface area contributed by atoms with Crippen LogP contribution >= 0.6 is 0 Å². The van der Waals surface area contributed by atoms with Crippen molar-refractivity contribution >= 4 is 11.1 Å². The molecule has 16 heavy (non-hydrogen) atoms. The fourth-order valence-electron chi connectivity index (χ4n) is 2.27. The van der Waals surface area contributed by atoms with Crippen molar-refractivity contribution in [3.05, 3.63) is 71.8 Å². The molecule has 0 atom stereocenters. The van der Waals surface area contributed by atoms with Crippen molar-refractivity contribution in [1.29, 1.82) is 0 Å². The molecule has 0 N–H and O–H groups in total. The first kappa shape index (κ1) is 10.7. The maximum absolute atomic E-state index is 3.92. The van der Waals surface area contributed by atoms with Crippen LogP contribution in [0.1, 0.15) is 25.0 Å². The zero-order valence-corrected chi connectivity index (χ0v) is 9.83. The fraction of sp³-hybridized carbons (Fsp3) is 0.125. The Balaban J connectivity index is 2.74. The Kier molecular flexibility index (Phi) is 2.91. The summed E-state index contributed by atoms with van der Waals surface area (Å²) in [6.07, 6.45) is 8.34. The molecule has 0 nitrogen and oxygen atoms in total. The van der Waals surface area contributed by atoms with Gasteiger partial charge in [-0.2, -0.15) is 0 Å². The molecule has 0 heteroatoms. The topological polar surface area (TPSA) is 0 Å². The number of benzene rings is 1. The quantitative estimate of drug-likeness (QED) is 0.665. The molecule has 0 heterocycles. The van der Waals surface area contributed by atoms with Crippen LogP contribution in [0, 0.1) is 0 Å². The summed E-state index contributed by atoms with van der Waals surface area (Å²) in [4.78, 5) is 0. The third-order valence-electron chi connectivity index (χ3n) is 2.91. The van der Waals surface area contributed by atoms with E-state index in [9.17, 15) is 0 Å². The number of rotatable bonds is 2. The Labute approximate surface area is 97.3 Å². The van der Waals surface area contributed by atoms with Gasteiger partial charge in [-0.3, -0.25) is 0 Å². The van der Waals surface area contributed by atoms with Crippen molar-refractivity contribution in [2.24, 2.45) is 0 Å². The second-order valence-electron chi connectivity index (χ2n) is 3.78. The van der Waals surface area contributed by atoms with Crippen LogP contribution in [0.2, 0.25) is 0 Å². The first-order chi connectivity index (χ1) is 7.83. The second-order valence-corrected chi connectivity index (χ2v) is 3.78. The van der Waals surface area contributed by atoms with E-state index < -0.39 is 0 Å². The molecule has 0 unspecified atom stereocenters. The van der Waals surface area contributed by atoms with E-state index in [2.05, 4.69) is 56.0 Å². The predicted octanol–water partition coefficient (Wildman–Crippen LogP) is 4.62. The summed E-state index contributed by atoms with van der Waals surface area (Å²) in [6, 6.07) is 8.51. The van der Waals surface area contributed by atoms with E-state index in [1.807, 2.05) is 13.0 Å². The van der Waals surface area contributed by atoms with E-state index in [0.717, 1.165) is 0 Å². The lowest BCUT2D eigenvalue weighted by Gasteiger charge is -2.01. The van der Waals surface area contributed by atoms with Gasteiger partial charge in [-0.25, -0.2) is 0 Å². The first-order valence-electron chi connectivity index (χ1n) is 5.59. The monoisotopic (exact) mass is 208 g/mol. The third kappa shape index (κ3) is 1.47. The summed E-state index contributed by atoms with van der Waals surface area (Å²) in [6.45, 7) is 8.05. The van der Waals surface area contributed by atoms with Crippen molar-refractivity contribution in [3.8, 4) is 0 Å². The average Bonchev–Trinajstić information content (AvgIpc) is 2.63. The van der Waals surface area contributed by atoms with Crippen LogP contribution in [-0.2, 0) is 0 Å². The molecule has 80 valence electrons. The van der Waals surface area contributed by atoms with Crippen molar-refractivity contribution in [2.45, 2.75) is 13.8 Å². The SMILES string of the molecule is C=CC1=C(/C=C\C)c2ccccc2/C1=C/C. The summed E-state index contributed by atoms with van der Waals surface area (Å²) in [7, 11) is 0. The molecule has 0 fully saturated rings. The lowest BCUT2D eigenvalue weighted by atomic mass is 10.0. The number of hydrogen-bond donors (Lipinski definition) is 0. The minimum atomic E-state index is 1.24. The van der Waals surface area contributed by atoms with E-state index in [1.165, 1.54) is 27.8 Å². The molecule has 1 aromatic carbocycles. The highest BCUT2D eigenvalue weighted by molar-refractivity contribution is 6.04. The standard InChI is InChI=1S/C16H16/c1-4-9-14-12(5-2)13(6-3)15-10-7-8-11-16(14)15/h4-11H,2H2,1,3H3/b9-4-,13-6+. The van der Waals surface area contributed by atoms with Gasteiger partial charge in [0.1, 0.15) is 0 Å². The van der Waals surface area contributed by atoms with Gasteiger partial charge < -0.3 is 0 Å². The van der Waals surface area contributed by atoms with Gasteiger partial charge in [0.2, 0.25) is 0 Å². The average molecular weight is 208 g/mol. The molecule has 0 radical (unpaired) electrons. The molecule has 0 amide bonds. The van der Waals surface area contributed by atoms with E-state index in [0.29, 0.717) is 0 Å². The molecular weight excluding hydrogens is 192 g/mol. The van der Waals surface area contributed by atoms with Crippen molar-refractivity contribution < 1.29 is 0 Å². The highest BCUT2D eigenvalue weighted by Gasteiger charge is 2.21. The van der Waals surface area contributed by atoms with Crippen LogP contribution in [0.15, 0.2) is 60.7 Å². The number of fused-ring (bicyclic) bond motifs is 1. The summed E-state index contributed by atoms with van der Waals surface area (Å²) >= 11 is 0. The smallest absolute Gasteiger partial charge is 0.00992 e. The Morgan fingerprint density at radius 2 is 1.69 bits per heavy atom. The zero-order chi connectivity index (χ0) is 11.5. The van der Waals surface area contributed by atoms with Gasteiger partial charge in [-0.1, -0.05) is 55.1 Å². The summed E-state index contributed by atoms with van der Waals surface area (Å²) in [5.41, 5.74) is 6.43. The molecule has 1 aliphatic rings. The van der Waals surface area contributed by atoms with Crippen LogP contribution in [0.5, 0.6) is 0 Å². The molecular formula is C16H16. The Morgan fingerprint density at radius 3 is 2.25 bits per heavy atom. The molecule has 0 saturated carbocycles. The largest absolute Gasteiger partial charge is 0.0984 e. The van der Waals surface area contributed by atoms with Crippen molar-refractivity contribution in [3.63, 3.8) is 0 Å². The minimum Gasteiger partial charge on any atom is -0.0984 e. The molecule has 0 bridgehead atoms.